The van der Waals surface area contributed by atoms with Gasteiger partial charge in [0.2, 0.25) is 0 Å². The van der Waals surface area contributed by atoms with Crippen LogP contribution >= 0.6 is 0 Å². The molecule has 1 aliphatic rings. The number of hydrogen-bond donors (Lipinski definition) is 0. The van der Waals surface area contributed by atoms with E-state index in [2.05, 4.69) is 12.1 Å². The second-order valence-corrected chi connectivity index (χ2v) is 4.51. The Morgan fingerprint density at radius 2 is 1.50 bits per heavy atom. The highest BCUT2D eigenvalue weighted by Crippen LogP contribution is 2.32. The highest BCUT2D eigenvalue weighted by Gasteiger charge is 2.21. The number of hydrogen-bond acceptors (Lipinski definition) is 1. The Morgan fingerprint density at radius 3 is 2.22 bits per heavy atom. The number of benzene rings is 2. The van der Waals surface area contributed by atoms with Gasteiger partial charge >= 0.3 is 0 Å². The Morgan fingerprint density at radius 1 is 0.889 bits per heavy atom. The summed E-state index contributed by atoms with van der Waals surface area (Å²) in [6.07, 6.45) is 2.58. The zero-order valence-electron chi connectivity index (χ0n) is 10.3. The third-order valence-corrected chi connectivity index (χ3v) is 3.46. The lowest BCUT2D eigenvalue weighted by molar-refractivity contribution is 0.0993. The number of Topliss-reactive ketones (excluding diaryl/α,β-unsaturated/α-hetero) is 1. The van der Waals surface area contributed by atoms with Crippen LogP contribution in [0.2, 0.25) is 0 Å². The van der Waals surface area contributed by atoms with Gasteiger partial charge in [0, 0.05) is 12.0 Å². The number of carbonyl (C=O) groups excluding carboxylic acids is 1. The van der Waals surface area contributed by atoms with Crippen molar-refractivity contribution in [2.45, 2.75) is 13.3 Å². The maximum atomic E-state index is 12.3. The van der Waals surface area contributed by atoms with Gasteiger partial charge in [0.05, 0.1) is 0 Å². The number of allylic oxidation sites excluding steroid dienone is 1. The molecule has 0 heterocycles. The maximum absolute atomic E-state index is 12.3. The van der Waals surface area contributed by atoms with Crippen LogP contribution in [0.1, 0.15) is 34.0 Å². The van der Waals surface area contributed by atoms with E-state index >= 15 is 0 Å². The molecule has 0 spiro atoms. The van der Waals surface area contributed by atoms with Crippen molar-refractivity contribution in [3.05, 3.63) is 76.9 Å². The van der Waals surface area contributed by atoms with Crippen LogP contribution in [-0.4, -0.2) is 5.78 Å². The summed E-state index contributed by atoms with van der Waals surface area (Å²) in [6, 6.07) is 16.0. The molecule has 0 amide bonds. The molecule has 0 fully saturated rings. The van der Waals surface area contributed by atoms with Crippen LogP contribution in [0.25, 0.3) is 5.57 Å². The van der Waals surface area contributed by atoms with Crippen LogP contribution in [0.3, 0.4) is 0 Å². The van der Waals surface area contributed by atoms with Crippen molar-refractivity contribution in [3.63, 3.8) is 0 Å². The minimum atomic E-state index is 0.204. The lowest BCUT2D eigenvalue weighted by Crippen LogP contribution is -2.03. The molecular formula is C17H14O. The maximum Gasteiger partial charge on any atom is 0.167 e. The Balaban J connectivity index is 2.34. The van der Waals surface area contributed by atoms with E-state index in [1.54, 1.807) is 0 Å². The molecule has 0 bridgehead atoms. The number of fused-ring (bicyclic) bond motifs is 2. The highest BCUT2D eigenvalue weighted by atomic mass is 16.1. The third kappa shape index (κ3) is 1.60. The first-order valence-electron chi connectivity index (χ1n) is 6.18. The highest BCUT2D eigenvalue weighted by molar-refractivity contribution is 6.06. The van der Waals surface area contributed by atoms with Gasteiger partial charge in [-0.1, -0.05) is 54.6 Å². The van der Waals surface area contributed by atoms with Crippen LogP contribution in [0.15, 0.2) is 54.6 Å². The van der Waals surface area contributed by atoms with Crippen molar-refractivity contribution in [1.29, 1.82) is 0 Å². The van der Waals surface area contributed by atoms with Crippen LogP contribution in [-0.2, 0) is 6.42 Å². The number of carbonyl (C=O) groups is 1. The summed E-state index contributed by atoms with van der Waals surface area (Å²) in [6.45, 7) is 2.03. The minimum Gasteiger partial charge on any atom is -0.294 e. The first-order chi connectivity index (χ1) is 8.81. The van der Waals surface area contributed by atoms with E-state index in [4.69, 9.17) is 0 Å². The van der Waals surface area contributed by atoms with Gasteiger partial charge < -0.3 is 0 Å². The zero-order chi connectivity index (χ0) is 12.5. The van der Waals surface area contributed by atoms with E-state index < -0.39 is 0 Å². The molecule has 18 heavy (non-hydrogen) atoms. The second-order valence-electron chi connectivity index (χ2n) is 4.51. The molecule has 0 N–H and O–H groups in total. The fourth-order valence-electron chi connectivity index (χ4n) is 2.62. The Bertz CT molecular complexity index is 650. The molecule has 0 saturated carbocycles. The summed E-state index contributed by atoms with van der Waals surface area (Å²) >= 11 is 0. The van der Waals surface area contributed by atoms with Crippen molar-refractivity contribution >= 4 is 11.4 Å². The van der Waals surface area contributed by atoms with Gasteiger partial charge in [-0.15, -0.1) is 0 Å². The molecule has 0 saturated heterocycles. The van der Waals surface area contributed by atoms with Gasteiger partial charge in [-0.05, 0) is 29.2 Å². The molecule has 1 heteroatoms. The predicted molar refractivity (Wildman–Crippen MR) is 73.7 cm³/mol. The summed E-state index contributed by atoms with van der Waals surface area (Å²) in [4.78, 5) is 12.3. The monoisotopic (exact) mass is 234 g/mol. The molecule has 2 aromatic rings. The van der Waals surface area contributed by atoms with Gasteiger partial charge in [-0.3, -0.25) is 4.79 Å². The van der Waals surface area contributed by atoms with Crippen molar-refractivity contribution < 1.29 is 4.79 Å². The molecule has 1 nitrogen and oxygen atoms in total. The van der Waals surface area contributed by atoms with Gasteiger partial charge in [0.1, 0.15) is 0 Å². The normalized spacial score (nSPS) is 16.1. The molecule has 2 aromatic carbocycles. The van der Waals surface area contributed by atoms with Gasteiger partial charge in [-0.25, -0.2) is 0 Å². The average molecular weight is 234 g/mol. The summed E-state index contributed by atoms with van der Waals surface area (Å²) in [5.41, 5.74) is 5.34. The summed E-state index contributed by atoms with van der Waals surface area (Å²) in [7, 11) is 0. The predicted octanol–water partition coefficient (Wildman–Crippen LogP) is 3.88. The molecule has 1 aliphatic carbocycles. The summed E-state index contributed by atoms with van der Waals surface area (Å²) in [5.74, 6) is 0.204. The van der Waals surface area contributed by atoms with Crippen molar-refractivity contribution in [2.24, 2.45) is 0 Å². The van der Waals surface area contributed by atoms with E-state index in [1.165, 1.54) is 5.56 Å². The largest absolute Gasteiger partial charge is 0.294 e. The Hall–Kier alpha value is -2.15. The first kappa shape index (κ1) is 11.0. The molecule has 0 aliphatic heterocycles. The van der Waals surface area contributed by atoms with Crippen LogP contribution < -0.4 is 0 Å². The van der Waals surface area contributed by atoms with Crippen LogP contribution in [0.4, 0.5) is 0 Å². The van der Waals surface area contributed by atoms with E-state index in [0.717, 1.165) is 22.3 Å². The van der Waals surface area contributed by atoms with E-state index in [9.17, 15) is 4.79 Å². The molecule has 3 rings (SSSR count). The van der Waals surface area contributed by atoms with Crippen LogP contribution in [0.5, 0.6) is 0 Å². The standard InChI is InChI=1S/C17H14O/c1-2-13-14-8-4-3-7-12(14)11-17(18)16-10-6-5-9-15(13)16/h2-10H,11H2,1H3. The van der Waals surface area contributed by atoms with Gasteiger partial charge in [-0.2, -0.15) is 0 Å². The van der Waals surface area contributed by atoms with Crippen LogP contribution in [0, 0.1) is 0 Å². The number of rotatable bonds is 0. The lowest BCUT2D eigenvalue weighted by atomic mass is 9.94. The minimum absolute atomic E-state index is 0.204. The average Bonchev–Trinajstić information content (AvgIpc) is 2.53. The number of ketones is 1. The second kappa shape index (κ2) is 4.26. The van der Waals surface area contributed by atoms with E-state index in [-0.39, 0.29) is 5.78 Å². The van der Waals surface area contributed by atoms with E-state index in [0.29, 0.717) is 6.42 Å². The van der Waals surface area contributed by atoms with E-state index in [1.807, 2.05) is 49.4 Å². The van der Waals surface area contributed by atoms with Crippen molar-refractivity contribution in [1.82, 2.24) is 0 Å². The topological polar surface area (TPSA) is 17.1 Å². The smallest absolute Gasteiger partial charge is 0.167 e. The van der Waals surface area contributed by atoms with Crippen molar-refractivity contribution in [3.8, 4) is 0 Å². The Kier molecular flexibility index (Phi) is 2.60. The lowest BCUT2D eigenvalue weighted by Gasteiger charge is -2.09. The van der Waals surface area contributed by atoms with Gasteiger partial charge in [0.25, 0.3) is 0 Å². The molecule has 88 valence electrons. The molecule has 0 aromatic heterocycles. The van der Waals surface area contributed by atoms with Gasteiger partial charge in [0.15, 0.2) is 5.78 Å². The fourth-order valence-corrected chi connectivity index (χ4v) is 2.62. The SMILES string of the molecule is CC=C1c2ccccc2CC(=O)c2ccccc21. The molecular weight excluding hydrogens is 220 g/mol. The zero-order valence-corrected chi connectivity index (χ0v) is 10.3. The molecule has 0 radical (unpaired) electrons. The summed E-state index contributed by atoms with van der Waals surface area (Å²) < 4.78 is 0. The summed E-state index contributed by atoms with van der Waals surface area (Å²) in [5, 5.41) is 0. The first-order valence-corrected chi connectivity index (χ1v) is 6.18. The Labute approximate surface area is 107 Å². The third-order valence-electron chi connectivity index (χ3n) is 3.46. The molecule has 0 atom stereocenters. The van der Waals surface area contributed by atoms with Crippen molar-refractivity contribution in [2.75, 3.05) is 0 Å². The molecule has 0 unspecified atom stereocenters. The quantitative estimate of drug-likeness (QED) is 0.676. The fraction of sp³-hybridized carbons (Fsp3) is 0.118.